The zero-order valence-electron chi connectivity index (χ0n) is 14.3. The number of rotatable bonds is 4. The Labute approximate surface area is 150 Å². The molecule has 134 valence electrons. The van der Waals surface area contributed by atoms with Gasteiger partial charge in [0.2, 0.25) is 5.88 Å². The molecule has 0 saturated carbocycles. The van der Waals surface area contributed by atoms with E-state index in [2.05, 4.69) is 9.97 Å². The lowest BCUT2D eigenvalue weighted by Crippen LogP contribution is -2.36. The highest BCUT2D eigenvalue weighted by atomic mass is 16.5. The summed E-state index contributed by atoms with van der Waals surface area (Å²) in [5, 5.41) is 9.06. The van der Waals surface area contributed by atoms with Crippen LogP contribution in [0.4, 0.5) is 4.79 Å². The van der Waals surface area contributed by atoms with Gasteiger partial charge in [0.25, 0.3) is 0 Å². The molecule has 7 nitrogen and oxygen atoms in total. The van der Waals surface area contributed by atoms with Crippen molar-refractivity contribution in [2.24, 2.45) is 0 Å². The Hall–Kier alpha value is -3.09. The van der Waals surface area contributed by atoms with Gasteiger partial charge in [0, 0.05) is 54.9 Å². The maximum Gasteiger partial charge on any atom is 0.407 e. The van der Waals surface area contributed by atoms with Gasteiger partial charge in [-0.25, -0.2) is 14.8 Å². The Morgan fingerprint density at radius 2 is 2.04 bits per heavy atom. The lowest BCUT2D eigenvalue weighted by molar-refractivity contribution is 0.131. The van der Waals surface area contributed by atoms with Gasteiger partial charge in [0.1, 0.15) is 12.3 Å². The van der Waals surface area contributed by atoms with Gasteiger partial charge < -0.3 is 19.1 Å². The Bertz CT molecular complexity index is 916. The lowest BCUT2D eigenvalue weighted by atomic mass is 9.93. The second kappa shape index (κ2) is 7.03. The third kappa shape index (κ3) is 3.33. The number of carboxylic acid groups (broad SMARTS) is 1. The fourth-order valence-corrected chi connectivity index (χ4v) is 3.38. The van der Waals surface area contributed by atoms with Gasteiger partial charge in [-0.05, 0) is 25.0 Å². The van der Waals surface area contributed by atoms with Gasteiger partial charge >= 0.3 is 6.09 Å². The van der Waals surface area contributed by atoms with Crippen LogP contribution in [0, 0.1) is 0 Å². The summed E-state index contributed by atoms with van der Waals surface area (Å²) >= 11 is 0. The molecule has 4 rings (SSSR count). The average Bonchev–Trinajstić information content (AvgIpc) is 3.16. The van der Waals surface area contributed by atoms with Gasteiger partial charge in [0.15, 0.2) is 0 Å². The topological polar surface area (TPSA) is 80.0 Å². The second-order valence-electron chi connectivity index (χ2n) is 6.42. The molecule has 1 aliphatic heterocycles. The molecule has 7 heteroatoms. The average molecular weight is 352 g/mol. The molecular formula is C19H20N4O3. The summed E-state index contributed by atoms with van der Waals surface area (Å²) in [5.41, 5.74) is 2.84. The van der Waals surface area contributed by atoms with Gasteiger partial charge in [-0.3, -0.25) is 0 Å². The maximum absolute atomic E-state index is 11.0. The smallest absolute Gasteiger partial charge is 0.407 e. The fraction of sp³-hybridized carbons (Fsp3) is 0.316. The molecule has 3 aromatic heterocycles. The Kier molecular flexibility index (Phi) is 4.43. The van der Waals surface area contributed by atoms with E-state index in [0.717, 1.165) is 29.7 Å². The van der Waals surface area contributed by atoms with Crippen LogP contribution in [0.25, 0.3) is 5.65 Å². The van der Waals surface area contributed by atoms with E-state index in [9.17, 15) is 4.79 Å². The summed E-state index contributed by atoms with van der Waals surface area (Å²) in [6.07, 6.45) is 6.35. The SMILES string of the molecule is O=C(O)N1CCC(c2cccc(OCc3cccn4ccnc34)n2)CC1. The molecule has 1 amide bonds. The van der Waals surface area contributed by atoms with Crippen LogP contribution in [0.5, 0.6) is 5.88 Å². The number of likely N-dealkylation sites (tertiary alicyclic amines) is 1. The summed E-state index contributed by atoms with van der Waals surface area (Å²) in [4.78, 5) is 21.5. The number of nitrogens with zero attached hydrogens (tertiary/aromatic N) is 4. The monoisotopic (exact) mass is 352 g/mol. The van der Waals surface area contributed by atoms with Crippen LogP contribution < -0.4 is 4.74 Å². The number of ether oxygens (including phenoxy) is 1. The first kappa shape index (κ1) is 16.4. The normalized spacial score (nSPS) is 15.3. The zero-order chi connectivity index (χ0) is 17.9. The molecule has 0 aromatic carbocycles. The molecule has 0 aliphatic carbocycles. The van der Waals surface area contributed by atoms with E-state index in [1.54, 1.807) is 6.20 Å². The highest BCUT2D eigenvalue weighted by molar-refractivity contribution is 5.65. The molecule has 1 N–H and O–H groups in total. The van der Waals surface area contributed by atoms with Crippen LogP contribution in [0.2, 0.25) is 0 Å². The van der Waals surface area contributed by atoms with E-state index >= 15 is 0 Å². The highest BCUT2D eigenvalue weighted by Crippen LogP contribution is 2.28. The van der Waals surface area contributed by atoms with E-state index in [-0.39, 0.29) is 5.92 Å². The molecular weight excluding hydrogens is 332 g/mol. The summed E-state index contributed by atoms with van der Waals surface area (Å²) in [6, 6.07) is 9.74. The highest BCUT2D eigenvalue weighted by Gasteiger charge is 2.24. The molecule has 1 aliphatic rings. The van der Waals surface area contributed by atoms with Gasteiger partial charge in [-0.2, -0.15) is 0 Å². The van der Waals surface area contributed by atoms with Crippen molar-refractivity contribution >= 4 is 11.7 Å². The minimum absolute atomic E-state index is 0.268. The number of amides is 1. The van der Waals surface area contributed by atoms with E-state index < -0.39 is 6.09 Å². The first-order chi connectivity index (χ1) is 12.7. The maximum atomic E-state index is 11.0. The number of hydrogen-bond acceptors (Lipinski definition) is 4. The van der Waals surface area contributed by atoms with Gasteiger partial charge in [-0.1, -0.05) is 12.1 Å². The van der Waals surface area contributed by atoms with Gasteiger partial charge in [0.05, 0.1) is 0 Å². The molecule has 0 unspecified atom stereocenters. The zero-order valence-corrected chi connectivity index (χ0v) is 14.3. The second-order valence-corrected chi connectivity index (χ2v) is 6.42. The number of pyridine rings is 2. The van der Waals surface area contributed by atoms with Crippen LogP contribution in [0.1, 0.15) is 30.0 Å². The van der Waals surface area contributed by atoms with E-state index in [4.69, 9.17) is 9.84 Å². The minimum atomic E-state index is -0.846. The molecule has 1 saturated heterocycles. The van der Waals surface area contributed by atoms with E-state index in [1.807, 2.05) is 47.1 Å². The predicted octanol–water partition coefficient (Wildman–Crippen LogP) is 3.17. The summed E-state index contributed by atoms with van der Waals surface area (Å²) in [6.45, 7) is 1.50. The molecule has 0 bridgehead atoms. The Morgan fingerprint density at radius 1 is 1.19 bits per heavy atom. The Balaban J connectivity index is 1.43. The molecule has 4 heterocycles. The standard InChI is InChI=1S/C19H20N4O3/c24-19(25)23-10-6-14(7-11-23)16-4-1-5-17(21-16)26-13-15-3-2-9-22-12-8-20-18(15)22/h1-5,8-9,12,14H,6-7,10-11,13H2,(H,24,25). The molecule has 3 aromatic rings. The van der Waals surface area contributed by atoms with Crippen molar-refractivity contribution in [2.45, 2.75) is 25.4 Å². The van der Waals surface area contributed by atoms with Crippen molar-refractivity contribution in [3.8, 4) is 5.88 Å². The molecule has 0 radical (unpaired) electrons. The molecule has 0 atom stereocenters. The Morgan fingerprint density at radius 3 is 2.85 bits per heavy atom. The summed E-state index contributed by atoms with van der Waals surface area (Å²) < 4.78 is 7.85. The van der Waals surface area contributed by atoms with Crippen molar-refractivity contribution in [2.75, 3.05) is 13.1 Å². The summed E-state index contributed by atoms with van der Waals surface area (Å²) in [7, 11) is 0. The van der Waals surface area contributed by atoms with Crippen molar-refractivity contribution in [1.82, 2.24) is 19.3 Å². The van der Waals surface area contributed by atoms with Crippen molar-refractivity contribution < 1.29 is 14.6 Å². The number of aromatic nitrogens is 3. The lowest BCUT2D eigenvalue weighted by Gasteiger charge is -2.29. The first-order valence-electron chi connectivity index (χ1n) is 8.69. The van der Waals surface area contributed by atoms with E-state index in [0.29, 0.717) is 25.6 Å². The quantitative estimate of drug-likeness (QED) is 0.780. The van der Waals surface area contributed by atoms with Gasteiger partial charge in [-0.15, -0.1) is 0 Å². The number of piperidine rings is 1. The van der Waals surface area contributed by atoms with Crippen LogP contribution in [-0.2, 0) is 6.61 Å². The first-order valence-corrected chi connectivity index (χ1v) is 8.69. The molecule has 26 heavy (non-hydrogen) atoms. The largest absolute Gasteiger partial charge is 0.473 e. The third-order valence-corrected chi connectivity index (χ3v) is 4.80. The van der Waals surface area contributed by atoms with Crippen molar-refractivity contribution in [1.29, 1.82) is 0 Å². The van der Waals surface area contributed by atoms with Crippen LogP contribution >= 0.6 is 0 Å². The fourth-order valence-electron chi connectivity index (χ4n) is 3.38. The minimum Gasteiger partial charge on any atom is -0.473 e. The number of carbonyl (C=O) groups is 1. The van der Waals surface area contributed by atoms with Crippen LogP contribution in [0.15, 0.2) is 48.9 Å². The predicted molar refractivity (Wildman–Crippen MR) is 95.3 cm³/mol. The number of fused-ring (bicyclic) bond motifs is 1. The van der Waals surface area contributed by atoms with Crippen LogP contribution in [-0.4, -0.2) is 43.6 Å². The molecule has 1 fully saturated rings. The van der Waals surface area contributed by atoms with Crippen molar-refractivity contribution in [3.05, 3.63) is 60.2 Å². The summed E-state index contributed by atoms with van der Waals surface area (Å²) in [5.74, 6) is 0.849. The molecule has 0 spiro atoms. The van der Waals surface area contributed by atoms with Crippen molar-refractivity contribution in [3.63, 3.8) is 0 Å². The van der Waals surface area contributed by atoms with Crippen LogP contribution in [0.3, 0.4) is 0 Å². The number of imidazole rings is 1. The van der Waals surface area contributed by atoms with E-state index in [1.165, 1.54) is 4.90 Å². The third-order valence-electron chi connectivity index (χ3n) is 4.80. The number of hydrogen-bond donors (Lipinski definition) is 1.